The molecule has 0 aliphatic carbocycles. The second-order valence-corrected chi connectivity index (χ2v) is 9.58. The van der Waals surface area contributed by atoms with Crippen LogP contribution in [-0.4, -0.2) is 25.9 Å². The molecule has 3 N–H and O–H groups in total. The lowest BCUT2D eigenvalue weighted by atomic mass is 9.88. The molecule has 140 valence electrons. The lowest BCUT2D eigenvalue weighted by Gasteiger charge is -2.38. The summed E-state index contributed by atoms with van der Waals surface area (Å²) < 4.78 is 67.3. The number of primary amides is 1. The second kappa shape index (κ2) is 6.60. The van der Waals surface area contributed by atoms with Gasteiger partial charge >= 0.3 is 6.18 Å². The molecule has 0 saturated carbocycles. The molecular weight excluding hydrogens is 382 g/mol. The van der Waals surface area contributed by atoms with Gasteiger partial charge in [0.1, 0.15) is 4.75 Å². The molecule has 2 heterocycles. The molecule has 1 amide bonds. The summed E-state index contributed by atoms with van der Waals surface area (Å²) in [6, 6.07) is 0. The minimum atomic E-state index is -4.96. The van der Waals surface area contributed by atoms with Crippen molar-refractivity contribution in [2.75, 3.05) is 5.75 Å². The van der Waals surface area contributed by atoms with Gasteiger partial charge in [-0.15, -0.1) is 16.5 Å². The molecule has 1 aliphatic rings. The van der Waals surface area contributed by atoms with E-state index in [1.54, 1.807) is 20.8 Å². The summed E-state index contributed by atoms with van der Waals surface area (Å²) in [7, 11) is 0. The van der Waals surface area contributed by atoms with E-state index in [1.165, 1.54) is 0 Å². The van der Waals surface area contributed by atoms with Crippen LogP contribution in [0.4, 0.5) is 17.6 Å². The number of pyridine rings is 1. The summed E-state index contributed by atoms with van der Waals surface area (Å²) in [6.07, 6.45) is -4.13. The van der Waals surface area contributed by atoms with Crippen LogP contribution < -0.4 is 10.5 Å². The van der Waals surface area contributed by atoms with Crippen LogP contribution in [0.2, 0.25) is 0 Å². The van der Waals surface area contributed by atoms with Gasteiger partial charge in [-0.3, -0.25) is 4.79 Å². The number of carbonyl (C=O) groups excluding carboxylic acids is 1. The summed E-state index contributed by atoms with van der Waals surface area (Å²) in [5.74, 6) is -2.38. The zero-order valence-electron chi connectivity index (χ0n) is 13.7. The number of aromatic nitrogens is 1. The maximum Gasteiger partial charge on any atom is 0.436 e. The fourth-order valence-corrected chi connectivity index (χ4v) is 4.43. The summed E-state index contributed by atoms with van der Waals surface area (Å²) in [6.45, 7) is 4.94. The molecule has 25 heavy (non-hydrogen) atoms. The van der Waals surface area contributed by atoms with Crippen LogP contribution in [0.5, 0.6) is 0 Å². The van der Waals surface area contributed by atoms with Gasteiger partial charge < -0.3 is 10.3 Å². The number of rotatable bonds is 3. The summed E-state index contributed by atoms with van der Waals surface area (Å²) in [5, 5.41) is 0. The van der Waals surface area contributed by atoms with Crippen molar-refractivity contribution in [1.29, 1.82) is 0 Å². The van der Waals surface area contributed by atoms with Gasteiger partial charge in [0, 0.05) is 28.9 Å². The Hall–Kier alpha value is -1.04. The number of carbonyl (C=O) groups is 1. The van der Waals surface area contributed by atoms with Gasteiger partial charge in [-0.1, -0.05) is 0 Å². The van der Waals surface area contributed by atoms with Gasteiger partial charge in [0.25, 0.3) is 0 Å². The fraction of sp³-hybridized carbons (Fsp3) is 0.571. The Labute approximate surface area is 149 Å². The monoisotopic (exact) mass is 399 g/mol. The van der Waals surface area contributed by atoms with Gasteiger partial charge in [-0.05, 0) is 27.2 Å². The molecule has 0 saturated heterocycles. The largest absolute Gasteiger partial charge is 0.598 e. The van der Waals surface area contributed by atoms with E-state index < -0.39 is 45.2 Å². The smallest absolute Gasteiger partial charge is 0.436 e. The van der Waals surface area contributed by atoms with E-state index in [9.17, 15) is 26.9 Å². The predicted octanol–water partition coefficient (Wildman–Crippen LogP) is 2.47. The van der Waals surface area contributed by atoms with E-state index >= 15 is 0 Å². The van der Waals surface area contributed by atoms with Crippen LogP contribution in [0.15, 0.2) is 11.1 Å². The maximum atomic E-state index is 14.4. The molecule has 1 unspecified atom stereocenters. The second-order valence-electron chi connectivity index (χ2n) is 6.51. The summed E-state index contributed by atoms with van der Waals surface area (Å²) in [5.41, 5.74) is 1.93. The minimum Gasteiger partial charge on any atom is -0.598 e. The van der Waals surface area contributed by atoms with E-state index in [2.05, 4.69) is 9.71 Å². The highest BCUT2D eigenvalue weighted by Crippen LogP contribution is 2.44. The number of alkyl halides is 3. The summed E-state index contributed by atoms with van der Waals surface area (Å²) >= 11 is -0.926. The number of nitrogens with zero attached hydrogens (tertiary/aromatic N) is 1. The highest BCUT2D eigenvalue weighted by atomic mass is 32.2. The van der Waals surface area contributed by atoms with E-state index in [4.69, 9.17) is 5.73 Å². The van der Waals surface area contributed by atoms with Crippen molar-refractivity contribution in [3.8, 4) is 0 Å². The summed E-state index contributed by atoms with van der Waals surface area (Å²) in [4.78, 5) is 14.9. The molecule has 0 aromatic carbocycles. The lowest BCUT2D eigenvalue weighted by Crippen LogP contribution is -2.59. The fourth-order valence-electron chi connectivity index (χ4n) is 2.28. The van der Waals surface area contributed by atoms with Gasteiger partial charge in [-0.25, -0.2) is 9.37 Å². The van der Waals surface area contributed by atoms with Crippen LogP contribution in [0.1, 0.15) is 38.4 Å². The number of nitrogens with one attached hydrogen (secondary N) is 1. The highest BCUT2D eigenvalue weighted by molar-refractivity contribution is 7.99. The Morgan fingerprint density at radius 2 is 2.04 bits per heavy atom. The quantitative estimate of drug-likeness (QED) is 0.602. The molecule has 11 heteroatoms. The van der Waals surface area contributed by atoms with Crippen LogP contribution in [0.3, 0.4) is 0 Å². The molecule has 1 aromatic rings. The number of hydrogen-bond donors (Lipinski definition) is 2. The van der Waals surface area contributed by atoms with Crippen molar-refractivity contribution in [3.63, 3.8) is 0 Å². The number of hydrogen-bond acceptors (Lipinski definition) is 5. The average molecular weight is 399 g/mol. The van der Waals surface area contributed by atoms with Crippen LogP contribution >= 0.6 is 11.8 Å². The third kappa shape index (κ3) is 3.74. The van der Waals surface area contributed by atoms with Crippen LogP contribution in [0, 0.1) is 5.82 Å². The number of halogens is 4. The van der Waals surface area contributed by atoms with Crippen molar-refractivity contribution in [2.24, 2.45) is 5.73 Å². The molecule has 0 spiro atoms. The molecule has 0 fully saturated rings. The standard InChI is InChI=1S/C14H17F4N3O2S2/c1-12(2,3)25(23)21-13(11(19)22)4-5-24-9-7(13)6-20-10(8(9)15)14(16,17)18/h6,21H,4-5H2,1-3H3,(H2,19,22)/t13?,25-/m0/s1. The molecule has 2 rings (SSSR count). The Bertz CT molecular complexity index is 694. The van der Waals surface area contributed by atoms with Crippen molar-refractivity contribution in [3.05, 3.63) is 23.3 Å². The third-order valence-electron chi connectivity index (χ3n) is 3.67. The molecule has 1 aliphatic heterocycles. The van der Waals surface area contributed by atoms with E-state index in [0.717, 1.165) is 18.0 Å². The first-order chi connectivity index (χ1) is 11.3. The van der Waals surface area contributed by atoms with Crippen LogP contribution in [-0.2, 0) is 27.9 Å². The van der Waals surface area contributed by atoms with Crippen molar-refractivity contribution >= 4 is 29.0 Å². The lowest BCUT2D eigenvalue weighted by molar-refractivity contribution is -0.144. The third-order valence-corrected chi connectivity index (χ3v) is 6.41. The maximum absolute atomic E-state index is 14.4. The Kier molecular flexibility index (Phi) is 5.35. The molecule has 0 bridgehead atoms. The molecule has 0 radical (unpaired) electrons. The zero-order chi connectivity index (χ0) is 19.2. The van der Waals surface area contributed by atoms with Gasteiger partial charge in [0.2, 0.25) is 5.91 Å². The van der Waals surface area contributed by atoms with E-state index in [1.807, 2.05) is 0 Å². The number of fused-ring (bicyclic) bond motifs is 1. The van der Waals surface area contributed by atoms with E-state index in [-0.39, 0.29) is 22.6 Å². The number of thioether (sulfide) groups is 1. The predicted molar refractivity (Wildman–Crippen MR) is 86.4 cm³/mol. The Morgan fingerprint density at radius 1 is 1.44 bits per heavy atom. The van der Waals surface area contributed by atoms with Crippen molar-refractivity contribution in [2.45, 2.75) is 48.5 Å². The topological polar surface area (TPSA) is 91.1 Å². The Morgan fingerprint density at radius 3 is 2.52 bits per heavy atom. The normalized spacial score (nSPS) is 22.4. The average Bonchev–Trinajstić information content (AvgIpc) is 2.45. The SMILES string of the molecule is CC(C)(C)[S@+]([O-])NC1(C(N)=O)CCSc2c1cnc(C(F)(F)F)c2F. The van der Waals surface area contributed by atoms with Gasteiger partial charge in [0.15, 0.2) is 17.1 Å². The molecule has 2 atom stereocenters. The van der Waals surface area contributed by atoms with Crippen LogP contribution in [0.25, 0.3) is 0 Å². The molecular formula is C14H17F4N3O2S2. The first-order valence-corrected chi connectivity index (χ1v) is 9.33. The number of nitrogens with two attached hydrogens (primary N) is 1. The highest BCUT2D eigenvalue weighted by Gasteiger charge is 2.50. The van der Waals surface area contributed by atoms with Crippen molar-refractivity contribution in [1.82, 2.24) is 9.71 Å². The first-order valence-electron chi connectivity index (χ1n) is 7.19. The van der Waals surface area contributed by atoms with E-state index in [0.29, 0.717) is 0 Å². The van der Waals surface area contributed by atoms with Gasteiger partial charge in [-0.2, -0.15) is 13.2 Å². The Balaban J connectivity index is 2.61. The minimum absolute atomic E-state index is 0.0499. The molecule has 5 nitrogen and oxygen atoms in total. The zero-order valence-corrected chi connectivity index (χ0v) is 15.3. The number of amides is 1. The molecule has 1 aromatic heterocycles. The van der Waals surface area contributed by atoms with Crippen molar-refractivity contribution < 1.29 is 26.9 Å². The first kappa shape index (κ1) is 20.3. The van der Waals surface area contributed by atoms with Gasteiger partial charge in [0.05, 0.1) is 4.90 Å².